The molecule has 0 saturated heterocycles. The Morgan fingerprint density at radius 2 is 2.00 bits per heavy atom. The maximum atomic E-state index is 12.2. The van der Waals surface area contributed by atoms with Crippen molar-refractivity contribution in [2.24, 2.45) is 0 Å². The van der Waals surface area contributed by atoms with Crippen LogP contribution < -0.4 is 20.5 Å². The van der Waals surface area contributed by atoms with Crippen LogP contribution in [-0.2, 0) is 0 Å². The van der Waals surface area contributed by atoms with E-state index in [2.05, 4.69) is 10.3 Å². The van der Waals surface area contributed by atoms with Crippen molar-refractivity contribution in [2.45, 2.75) is 6.42 Å². The van der Waals surface area contributed by atoms with E-state index in [0.29, 0.717) is 41.7 Å². The van der Waals surface area contributed by atoms with Gasteiger partial charge in [-0.15, -0.1) is 0 Å². The summed E-state index contributed by atoms with van der Waals surface area (Å²) in [5, 5.41) is 2.79. The van der Waals surface area contributed by atoms with Crippen molar-refractivity contribution in [3.8, 4) is 11.5 Å². The summed E-state index contributed by atoms with van der Waals surface area (Å²) in [6.07, 6.45) is 3.81. The number of fused-ring (bicyclic) bond motifs is 1. The molecule has 2 heterocycles. The van der Waals surface area contributed by atoms with Crippen LogP contribution in [0.1, 0.15) is 16.8 Å². The van der Waals surface area contributed by atoms with E-state index in [1.165, 1.54) is 12.4 Å². The van der Waals surface area contributed by atoms with Crippen LogP contribution in [0.3, 0.4) is 0 Å². The van der Waals surface area contributed by atoms with Crippen LogP contribution in [0.15, 0.2) is 36.7 Å². The van der Waals surface area contributed by atoms with Gasteiger partial charge >= 0.3 is 0 Å². The molecular weight excluding hydrogens is 270 g/mol. The van der Waals surface area contributed by atoms with Crippen LogP contribution in [-0.4, -0.2) is 24.1 Å². The zero-order valence-electron chi connectivity index (χ0n) is 11.3. The number of rotatable bonds is 2. The smallest absolute Gasteiger partial charge is 0.257 e. The number of pyridine rings is 1. The van der Waals surface area contributed by atoms with Crippen LogP contribution >= 0.6 is 0 Å². The highest BCUT2D eigenvalue weighted by Crippen LogP contribution is 2.32. The average Bonchev–Trinajstić information content (AvgIpc) is 2.72. The number of hydrogen-bond donors (Lipinski definition) is 2. The second-order valence-electron chi connectivity index (χ2n) is 4.63. The van der Waals surface area contributed by atoms with E-state index < -0.39 is 0 Å². The molecule has 21 heavy (non-hydrogen) atoms. The maximum Gasteiger partial charge on any atom is 0.257 e. The zero-order chi connectivity index (χ0) is 14.7. The Balaban J connectivity index is 1.81. The lowest BCUT2D eigenvalue weighted by Crippen LogP contribution is -2.14. The van der Waals surface area contributed by atoms with Gasteiger partial charge in [-0.05, 0) is 18.2 Å². The molecule has 6 heteroatoms. The van der Waals surface area contributed by atoms with Gasteiger partial charge in [-0.1, -0.05) is 0 Å². The highest BCUT2D eigenvalue weighted by Gasteiger charge is 2.13. The SMILES string of the molecule is Nc1cnccc1C(=O)Nc1ccc2c(c1)OCCCO2. The second kappa shape index (κ2) is 5.70. The molecule has 0 unspecified atom stereocenters. The fraction of sp³-hybridized carbons (Fsp3) is 0.200. The minimum atomic E-state index is -0.288. The van der Waals surface area contributed by atoms with Gasteiger partial charge in [0.05, 0.1) is 30.7 Å². The van der Waals surface area contributed by atoms with Crippen LogP contribution in [0.5, 0.6) is 11.5 Å². The summed E-state index contributed by atoms with van der Waals surface area (Å²) >= 11 is 0. The van der Waals surface area contributed by atoms with Gasteiger partial charge in [0.15, 0.2) is 11.5 Å². The molecule has 1 aromatic carbocycles. The molecule has 1 aliphatic heterocycles. The summed E-state index contributed by atoms with van der Waals surface area (Å²) < 4.78 is 11.1. The van der Waals surface area contributed by atoms with Gasteiger partial charge in [0, 0.05) is 24.4 Å². The largest absolute Gasteiger partial charge is 0.490 e. The molecule has 0 atom stereocenters. The lowest BCUT2D eigenvalue weighted by atomic mass is 10.2. The molecule has 2 aromatic rings. The van der Waals surface area contributed by atoms with Crippen LogP contribution in [0.4, 0.5) is 11.4 Å². The van der Waals surface area contributed by atoms with Crippen LogP contribution in [0, 0.1) is 0 Å². The van der Waals surface area contributed by atoms with E-state index in [9.17, 15) is 4.79 Å². The molecule has 6 nitrogen and oxygen atoms in total. The van der Waals surface area contributed by atoms with Gasteiger partial charge in [0.2, 0.25) is 0 Å². The molecule has 0 fully saturated rings. The van der Waals surface area contributed by atoms with Crippen molar-refractivity contribution in [3.63, 3.8) is 0 Å². The van der Waals surface area contributed by atoms with E-state index in [4.69, 9.17) is 15.2 Å². The number of amides is 1. The second-order valence-corrected chi connectivity index (χ2v) is 4.63. The number of anilines is 2. The number of nitrogens with two attached hydrogens (primary N) is 1. The van der Waals surface area contributed by atoms with Gasteiger partial charge in [0.1, 0.15) is 0 Å². The van der Waals surface area contributed by atoms with E-state index in [1.54, 1.807) is 24.3 Å². The molecular formula is C15H15N3O3. The first kappa shape index (κ1) is 13.2. The molecule has 1 aromatic heterocycles. The van der Waals surface area contributed by atoms with Gasteiger partial charge < -0.3 is 20.5 Å². The lowest BCUT2D eigenvalue weighted by Gasteiger charge is -2.11. The number of ether oxygens (including phenoxy) is 2. The Morgan fingerprint density at radius 1 is 1.19 bits per heavy atom. The maximum absolute atomic E-state index is 12.2. The highest BCUT2D eigenvalue weighted by molar-refractivity contribution is 6.07. The summed E-state index contributed by atoms with van der Waals surface area (Å²) in [6, 6.07) is 6.87. The first-order valence-corrected chi connectivity index (χ1v) is 6.64. The van der Waals surface area contributed by atoms with E-state index in [-0.39, 0.29) is 5.91 Å². The standard InChI is InChI=1S/C15H15N3O3/c16-12-9-17-5-4-11(12)15(19)18-10-2-3-13-14(8-10)21-7-1-6-20-13/h2-5,8-9H,1,6-7,16H2,(H,18,19). The molecule has 0 aliphatic carbocycles. The first-order valence-electron chi connectivity index (χ1n) is 6.64. The summed E-state index contributed by atoms with van der Waals surface area (Å²) in [5.74, 6) is 1.03. The number of nitrogens with zero attached hydrogens (tertiary/aromatic N) is 1. The summed E-state index contributed by atoms with van der Waals surface area (Å²) in [4.78, 5) is 16.0. The number of nitrogens with one attached hydrogen (secondary N) is 1. The Kier molecular flexibility index (Phi) is 3.59. The first-order chi connectivity index (χ1) is 10.2. The fourth-order valence-electron chi connectivity index (χ4n) is 2.05. The predicted molar refractivity (Wildman–Crippen MR) is 78.7 cm³/mol. The molecule has 0 radical (unpaired) electrons. The lowest BCUT2D eigenvalue weighted by molar-refractivity contribution is 0.102. The molecule has 1 aliphatic rings. The third-order valence-electron chi connectivity index (χ3n) is 3.10. The number of aromatic nitrogens is 1. The normalized spacial score (nSPS) is 13.3. The molecule has 3 N–H and O–H groups in total. The third kappa shape index (κ3) is 2.89. The average molecular weight is 285 g/mol. The molecule has 0 bridgehead atoms. The van der Waals surface area contributed by atoms with Crippen LogP contribution in [0.25, 0.3) is 0 Å². The van der Waals surface area contributed by atoms with E-state index >= 15 is 0 Å². The monoisotopic (exact) mass is 285 g/mol. The minimum Gasteiger partial charge on any atom is -0.490 e. The number of carbonyl (C=O) groups excluding carboxylic acids is 1. The number of hydrogen-bond acceptors (Lipinski definition) is 5. The van der Waals surface area contributed by atoms with Gasteiger partial charge in [-0.2, -0.15) is 0 Å². The summed E-state index contributed by atoms with van der Waals surface area (Å²) in [6.45, 7) is 1.23. The number of nitrogen functional groups attached to an aromatic ring is 1. The van der Waals surface area contributed by atoms with E-state index in [0.717, 1.165) is 6.42 Å². The van der Waals surface area contributed by atoms with Crippen molar-refractivity contribution < 1.29 is 14.3 Å². The zero-order valence-corrected chi connectivity index (χ0v) is 11.3. The summed E-state index contributed by atoms with van der Waals surface area (Å²) in [7, 11) is 0. The van der Waals surface area contributed by atoms with Crippen molar-refractivity contribution in [2.75, 3.05) is 24.3 Å². The molecule has 3 rings (SSSR count). The summed E-state index contributed by atoms with van der Waals surface area (Å²) in [5.41, 5.74) is 7.09. The highest BCUT2D eigenvalue weighted by atomic mass is 16.5. The van der Waals surface area contributed by atoms with Crippen LogP contribution in [0.2, 0.25) is 0 Å². The third-order valence-corrected chi connectivity index (χ3v) is 3.10. The topological polar surface area (TPSA) is 86.5 Å². The van der Waals surface area contributed by atoms with Gasteiger partial charge in [-0.3, -0.25) is 9.78 Å². The van der Waals surface area contributed by atoms with Crippen molar-refractivity contribution >= 4 is 17.3 Å². The molecule has 0 saturated carbocycles. The Bertz CT molecular complexity index is 673. The fourth-order valence-corrected chi connectivity index (χ4v) is 2.05. The molecule has 0 spiro atoms. The van der Waals surface area contributed by atoms with Crippen molar-refractivity contribution in [3.05, 3.63) is 42.2 Å². The quantitative estimate of drug-likeness (QED) is 0.882. The minimum absolute atomic E-state index is 0.288. The Morgan fingerprint density at radius 3 is 2.81 bits per heavy atom. The predicted octanol–water partition coefficient (Wildman–Crippen LogP) is 2.08. The Hall–Kier alpha value is -2.76. The molecule has 108 valence electrons. The molecule has 1 amide bonds. The van der Waals surface area contributed by atoms with Crippen molar-refractivity contribution in [1.29, 1.82) is 0 Å². The number of benzene rings is 1. The van der Waals surface area contributed by atoms with Crippen molar-refractivity contribution in [1.82, 2.24) is 4.98 Å². The van der Waals surface area contributed by atoms with E-state index in [1.807, 2.05) is 0 Å². The van der Waals surface area contributed by atoms with Gasteiger partial charge in [-0.25, -0.2) is 0 Å². The number of carbonyl (C=O) groups is 1. The Labute approximate surface area is 121 Å². The van der Waals surface area contributed by atoms with Gasteiger partial charge in [0.25, 0.3) is 5.91 Å².